The van der Waals surface area contributed by atoms with E-state index in [1.807, 2.05) is 30.5 Å². The van der Waals surface area contributed by atoms with Crippen LogP contribution in [0.4, 0.5) is 5.13 Å². The summed E-state index contributed by atoms with van der Waals surface area (Å²) in [6, 6.07) is 10.1. The van der Waals surface area contributed by atoms with Crippen molar-refractivity contribution < 1.29 is 9.53 Å². The molecular weight excluding hydrogens is 368 g/mol. The van der Waals surface area contributed by atoms with Gasteiger partial charge in [-0.1, -0.05) is 24.3 Å². The largest absolute Gasteiger partial charge is 0.466 e. The molecule has 0 amide bonds. The van der Waals surface area contributed by atoms with Crippen LogP contribution in [0.5, 0.6) is 0 Å². The van der Waals surface area contributed by atoms with Crippen LogP contribution < -0.4 is 5.43 Å². The number of aryl methyl sites for hydroxylation is 1. The van der Waals surface area contributed by atoms with Gasteiger partial charge >= 0.3 is 5.97 Å². The van der Waals surface area contributed by atoms with Crippen LogP contribution in [-0.4, -0.2) is 28.1 Å². The van der Waals surface area contributed by atoms with Crippen molar-refractivity contribution in [3.05, 3.63) is 52.7 Å². The van der Waals surface area contributed by atoms with Gasteiger partial charge in [0.2, 0.25) is 5.13 Å². The Bertz CT molecular complexity index is 917. The molecule has 0 bridgehead atoms. The Morgan fingerprint density at radius 2 is 2.23 bits per heavy atom. The van der Waals surface area contributed by atoms with E-state index in [0.29, 0.717) is 17.4 Å². The van der Waals surface area contributed by atoms with Gasteiger partial charge in [0.15, 0.2) is 0 Å². The number of hydrazone groups is 1. The summed E-state index contributed by atoms with van der Waals surface area (Å²) < 4.78 is 9.26. The molecule has 8 heteroatoms. The highest BCUT2D eigenvalue weighted by Crippen LogP contribution is 2.27. The maximum atomic E-state index is 11.5. The fraction of sp³-hybridized carbons (Fsp3) is 0.222. The number of ether oxygens (including phenoxy) is 1. The highest BCUT2D eigenvalue weighted by atomic mass is 32.1. The van der Waals surface area contributed by atoms with Gasteiger partial charge in [-0.2, -0.15) is 9.47 Å². The zero-order chi connectivity index (χ0) is 18.4. The lowest BCUT2D eigenvalue weighted by molar-refractivity contribution is -0.142. The van der Waals surface area contributed by atoms with Crippen LogP contribution >= 0.6 is 22.9 Å². The number of hydrogen-bond acceptors (Lipinski definition) is 8. The molecule has 0 aliphatic carbocycles. The number of thiazole rings is 1. The lowest BCUT2D eigenvalue weighted by Crippen LogP contribution is -2.07. The topological polar surface area (TPSA) is 76.5 Å². The third-order valence-corrected chi connectivity index (χ3v) is 5.11. The Hall–Kier alpha value is -2.58. The van der Waals surface area contributed by atoms with E-state index in [0.717, 1.165) is 21.7 Å². The van der Waals surface area contributed by atoms with E-state index < -0.39 is 0 Å². The summed E-state index contributed by atoms with van der Waals surface area (Å²) in [4.78, 5) is 16.9. The molecule has 0 spiro atoms. The molecule has 2 heterocycles. The molecule has 3 aromatic rings. The minimum atomic E-state index is -0.276. The molecule has 3 rings (SSSR count). The molecule has 0 aliphatic heterocycles. The zero-order valence-corrected chi connectivity index (χ0v) is 16.1. The van der Waals surface area contributed by atoms with Crippen molar-refractivity contribution in [3.63, 3.8) is 0 Å². The van der Waals surface area contributed by atoms with Gasteiger partial charge in [-0.15, -0.1) is 11.3 Å². The molecule has 6 nitrogen and oxygen atoms in total. The number of aromatic nitrogens is 2. The first-order chi connectivity index (χ1) is 12.7. The second-order valence-corrected chi connectivity index (χ2v) is 7.08. The third-order valence-electron chi connectivity index (χ3n) is 3.40. The predicted molar refractivity (Wildman–Crippen MR) is 106 cm³/mol. The van der Waals surface area contributed by atoms with Crippen molar-refractivity contribution in [2.75, 3.05) is 12.0 Å². The van der Waals surface area contributed by atoms with Gasteiger partial charge in [0.25, 0.3) is 0 Å². The predicted octanol–water partition coefficient (Wildman–Crippen LogP) is 4.13. The maximum Gasteiger partial charge on any atom is 0.311 e. The molecule has 0 radical (unpaired) electrons. The average molecular weight is 387 g/mol. The Morgan fingerprint density at radius 3 is 3.00 bits per heavy atom. The molecule has 0 unspecified atom stereocenters. The number of esters is 1. The van der Waals surface area contributed by atoms with E-state index in [9.17, 15) is 4.79 Å². The first-order valence-electron chi connectivity index (χ1n) is 8.07. The average Bonchev–Trinajstić information content (AvgIpc) is 3.25. The number of carbonyl (C=O) groups is 1. The van der Waals surface area contributed by atoms with E-state index in [4.69, 9.17) is 4.74 Å². The number of hydrogen-bond donors (Lipinski definition) is 1. The van der Waals surface area contributed by atoms with E-state index in [1.54, 1.807) is 13.1 Å². The van der Waals surface area contributed by atoms with Crippen molar-refractivity contribution in [1.82, 2.24) is 9.36 Å². The molecule has 0 atom stereocenters. The van der Waals surface area contributed by atoms with Crippen molar-refractivity contribution in [1.29, 1.82) is 0 Å². The Morgan fingerprint density at radius 1 is 1.38 bits per heavy atom. The van der Waals surface area contributed by atoms with Crippen LogP contribution in [0.3, 0.4) is 0 Å². The summed E-state index contributed by atoms with van der Waals surface area (Å²) in [5, 5.41) is 6.73. The van der Waals surface area contributed by atoms with Gasteiger partial charge < -0.3 is 4.74 Å². The van der Waals surface area contributed by atoms with Crippen LogP contribution in [0.15, 0.2) is 40.8 Å². The summed E-state index contributed by atoms with van der Waals surface area (Å²) in [6.07, 6.45) is 1.93. The molecular formula is C18H18N4O2S2. The maximum absolute atomic E-state index is 11.5. The van der Waals surface area contributed by atoms with Crippen LogP contribution in [0.25, 0.3) is 10.4 Å². The number of nitrogens with one attached hydrogen (secondary N) is 1. The Kier molecular flexibility index (Phi) is 6.08. The van der Waals surface area contributed by atoms with Crippen molar-refractivity contribution in [2.45, 2.75) is 20.3 Å². The van der Waals surface area contributed by atoms with Crippen LogP contribution in [-0.2, 0) is 16.0 Å². The SMILES string of the molecule is CCOC(=O)Cc1csc(NN=Cc2ccccc2-c2cc(C)ns2)n1. The van der Waals surface area contributed by atoms with Gasteiger partial charge in [-0.25, -0.2) is 4.98 Å². The van der Waals surface area contributed by atoms with E-state index in [1.165, 1.54) is 22.9 Å². The number of nitrogens with zero attached hydrogens (tertiary/aromatic N) is 3. The fourth-order valence-corrected chi connectivity index (χ4v) is 3.74. The van der Waals surface area contributed by atoms with E-state index in [-0.39, 0.29) is 12.4 Å². The summed E-state index contributed by atoms with van der Waals surface area (Å²) in [5.74, 6) is -0.276. The highest BCUT2D eigenvalue weighted by molar-refractivity contribution is 7.13. The fourth-order valence-electron chi connectivity index (χ4n) is 2.28. The van der Waals surface area contributed by atoms with E-state index in [2.05, 4.69) is 32.0 Å². The minimum Gasteiger partial charge on any atom is -0.466 e. The first-order valence-corrected chi connectivity index (χ1v) is 9.73. The second kappa shape index (κ2) is 8.68. The number of carbonyl (C=O) groups excluding carboxylic acids is 1. The molecule has 2 aromatic heterocycles. The Balaban J connectivity index is 1.66. The van der Waals surface area contributed by atoms with Gasteiger partial charge in [-0.05, 0) is 31.4 Å². The summed E-state index contributed by atoms with van der Waals surface area (Å²) in [5.41, 5.74) is 6.68. The normalized spacial score (nSPS) is 11.0. The molecule has 1 N–H and O–H groups in total. The third kappa shape index (κ3) is 4.74. The van der Waals surface area contributed by atoms with E-state index >= 15 is 0 Å². The molecule has 134 valence electrons. The molecule has 0 saturated carbocycles. The molecule has 1 aromatic carbocycles. The number of rotatable bonds is 7. The van der Waals surface area contributed by atoms with Crippen LogP contribution in [0, 0.1) is 6.92 Å². The van der Waals surface area contributed by atoms with Gasteiger partial charge in [-0.3, -0.25) is 10.2 Å². The lowest BCUT2D eigenvalue weighted by atomic mass is 10.1. The monoisotopic (exact) mass is 386 g/mol. The smallest absolute Gasteiger partial charge is 0.311 e. The standard InChI is InChI=1S/C18H18N4O2S2/c1-3-24-17(23)9-14-11-25-18(20-14)21-19-10-13-6-4-5-7-15(13)16-8-12(2)22-26-16/h4-8,10-11H,3,9H2,1-2H3,(H,20,21). The number of benzene rings is 1. The minimum absolute atomic E-state index is 0.170. The van der Waals surface area contributed by atoms with Gasteiger partial charge in [0.05, 0.1) is 35.5 Å². The highest BCUT2D eigenvalue weighted by Gasteiger charge is 2.08. The van der Waals surface area contributed by atoms with Crippen LogP contribution in [0.2, 0.25) is 0 Å². The summed E-state index contributed by atoms with van der Waals surface area (Å²) in [7, 11) is 0. The lowest BCUT2D eigenvalue weighted by Gasteiger charge is -2.02. The van der Waals surface area contributed by atoms with Crippen molar-refractivity contribution in [3.8, 4) is 10.4 Å². The molecule has 0 fully saturated rings. The molecule has 0 aliphatic rings. The van der Waals surface area contributed by atoms with Crippen LogP contribution in [0.1, 0.15) is 23.9 Å². The molecule has 0 saturated heterocycles. The van der Waals surface area contributed by atoms with Crippen molar-refractivity contribution >= 4 is 40.2 Å². The molecule has 26 heavy (non-hydrogen) atoms. The Labute approximate surface area is 159 Å². The summed E-state index contributed by atoms with van der Waals surface area (Å²) in [6.45, 7) is 4.14. The summed E-state index contributed by atoms with van der Waals surface area (Å²) >= 11 is 2.87. The van der Waals surface area contributed by atoms with Gasteiger partial charge in [0.1, 0.15) is 0 Å². The quantitative estimate of drug-likeness (QED) is 0.375. The van der Waals surface area contributed by atoms with Gasteiger partial charge in [0, 0.05) is 16.5 Å². The number of anilines is 1. The zero-order valence-electron chi connectivity index (χ0n) is 14.4. The first kappa shape index (κ1) is 18.2. The second-order valence-electron chi connectivity index (χ2n) is 5.42. The van der Waals surface area contributed by atoms with Crippen molar-refractivity contribution in [2.24, 2.45) is 5.10 Å².